The molecule has 0 radical (unpaired) electrons. The molecule has 144 valence electrons. The Morgan fingerprint density at radius 1 is 0.720 bits per heavy atom. The molecule has 0 spiro atoms. The number of benzene rings is 1. The van der Waals surface area contributed by atoms with Gasteiger partial charge in [0.1, 0.15) is 12.4 Å². The molecule has 1 N–H and O–H groups in total. The summed E-state index contributed by atoms with van der Waals surface area (Å²) in [6.07, 6.45) is 10.6. The van der Waals surface area contributed by atoms with E-state index in [1.165, 1.54) is 50.5 Å². The number of rotatable bonds is 17. The van der Waals surface area contributed by atoms with Gasteiger partial charge in [-0.1, -0.05) is 57.6 Å². The molecular weight excluding hydrogens is 316 g/mol. The average molecular weight is 353 g/mol. The summed E-state index contributed by atoms with van der Waals surface area (Å²) in [4.78, 5) is 0. The molecule has 1 aromatic carbocycles. The van der Waals surface area contributed by atoms with E-state index in [1.807, 2.05) is 12.1 Å². The lowest BCUT2D eigenvalue weighted by molar-refractivity contribution is 0.0247. The van der Waals surface area contributed by atoms with Gasteiger partial charge in [0.05, 0.1) is 33.0 Å². The number of aliphatic hydroxyl groups excluding tert-OH is 1. The first-order valence-electron chi connectivity index (χ1n) is 9.85. The van der Waals surface area contributed by atoms with Crippen LogP contribution in [-0.2, 0) is 15.9 Å². The molecule has 0 atom stereocenters. The summed E-state index contributed by atoms with van der Waals surface area (Å²) in [5, 5.41) is 8.57. The molecule has 0 aliphatic heterocycles. The third-order valence-electron chi connectivity index (χ3n) is 4.10. The van der Waals surface area contributed by atoms with Gasteiger partial charge >= 0.3 is 0 Å². The normalized spacial score (nSPS) is 11.0. The molecule has 0 aliphatic rings. The van der Waals surface area contributed by atoms with Crippen molar-refractivity contribution in [2.75, 3.05) is 39.6 Å². The van der Waals surface area contributed by atoms with Crippen molar-refractivity contribution in [3.05, 3.63) is 29.8 Å². The molecule has 0 fully saturated rings. The molecule has 4 heteroatoms. The van der Waals surface area contributed by atoms with Gasteiger partial charge in [0.25, 0.3) is 0 Å². The SMILES string of the molecule is CCCCCCCCCc1ccc(OCCOCCOCCO)cc1. The molecule has 0 saturated heterocycles. The Bertz CT molecular complexity index is 391. The van der Waals surface area contributed by atoms with Crippen LogP contribution in [0.5, 0.6) is 5.75 Å². The van der Waals surface area contributed by atoms with Gasteiger partial charge in [-0.15, -0.1) is 0 Å². The first kappa shape index (κ1) is 21.9. The summed E-state index contributed by atoms with van der Waals surface area (Å²) in [6.45, 7) is 4.80. The van der Waals surface area contributed by atoms with E-state index in [4.69, 9.17) is 19.3 Å². The Balaban J connectivity index is 2.00. The van der Waals surface area contributed by atoms with Crippen LogP contribution in [0.1, 0.15) is 57.4 Å². The van der Waals surface area contributed by atoms with Gasteiger partial charge in [-0.05, 0) is 30.5 Å². The van der Waals surface area contributed by atoms with Crippen LogP contribution in [0.2, 0.25) is 0 Å². The van der Waals surface area contributed by atoms with Crippen LogP contribution in [0.4, 0.5) is 0 Å². The van der Waals surface area contributed by atoms with E-state index < -0.39 is 0 Å². The highest BCUT2D eigenvalue weighted by Gasteiger charge is 1.98. The van der Waals surface area contributed by atoms with Gasteiger partial charge in [0.2, 0.25) is 0 Å². The van der Waals surface area contributed by atoms with Gasteiger partial charge in [-0.3, -0.25) is 0 Å². The van der Waals surface area contributed by atoms with E-state index in [1.54, 1.807) is 0 Å². The van der Waals surface area contributed by atoms with Crippen molar-refractivity contribution >= 4 is 0 Å². The van der Waals surface area contributed by atoms with Crippen molar-refractivity contribution < 1.29 is 19.3 Å². The van der Waals surface area contributed by atoms with Gasteiger partial charge in [-0.2, -0.15) is 0 Å². The van der Waals surface area contributed by atoms with Crippen molar-refractivity contribution in [1.29, 1.82) is 0 Å². The minimum atomic E-state index is 0.0536. The molecule has 25 heavy (non-hydrogen) atoms. The number of hydrogen-bond acceptors (Lipinski definition) is 4. The first-order valence-corrected chi connectivity index (χ1v) is 9.85. The largest absolute Gasteiger partial charge is 0.491 e. The standard InChI is InChI=1S/C21H36O4/c1-2-3-4-5-6-7-8-9-20-10-12-21(13-11-20)25-19-18-24-17-16-23-15-14-22/h10-13,22H,2-9,14-19H2,1H3. The van der Waals surface area contributed by atoms with Crippen LogP contribution in [0.3, 0.4) is 0 Å². The fourth-order valence-corrected chi connectivity index (χ4v) is 2.64. The van der Waals surface area contributed by atoms with E-state index in [2.05, 4.69) is 19.1 Å². The van der Waals surface area contributed by atoms with Gasteiger partial charge < -0.3 is 19.3 Å². The van der Waals surface area contributed by atoms with Crippen molar-refractivity contribution in [3.63, 3.8) is 0 Å². The molecule has 0 aromatic heterocycles. The highest BCUT2D eigenvalue weighted by Crippen LogP contribution is 2.15. The Morgan fingerprint density at radius 2 is 1.32 bits per heavy atom. The maximum absolute atomic E-state index is 8.57. The molecule has 0 heterocycles. The third kappa shape index (κ3) is 12.9. The van der Waals surface area contributed by atoms with Crippen molar-refractivity contribution in [2.24, 2.45) is 0 Å². The second kappa shape index (κ2) is 16.4. The van der Waals surface area contributed by atoms with Crippen LogP contribution >= 0.6 is 0 Å². The molecule has 1 aromatic rings. The zero-order valence-electron chi connectivity index (χ0n) is 15.9. The predicted molar refractivity (Wildman–Crippen MR) is 102 cm³/mol. The first-order chi connectivity index (χ1) is 12.4. The highest BCUT2D eigenvalue weighted by molar-refractivity contribution is 5.27. The lowest BCUT2D eigenvalue weighted by Gasteiger charge is -2.08. The van der Waals surface area contributed by atoms with Crippen LogP contribution in [0.25, 0.3) is 0 Å². The fourth-order valence-electron chi connectivity index (χ4n) is 2.64. The molecule has 0 aliphatic carbocycles. The maximum Gasteiger partial charge on any atom is 0.119 e. The van der Waals surface area contributed by atoms with Crippen molar-refractivity contribution in [3.8, 4) is 5.75 Å². The minimum Gasteiger partial charge on any atom is -0.491 e. The van der Waals surface area contributed by atoms with E-state index in [0.29, 0.717) is 33.0 Å². The number of unbranched alkanes of at least 4 members (excludes halogenated alkanes) is 6. The van der Waals surface area contributed by atoms with Gasteiger partial charge in [-0.25, -0.2) is 0 Å². The van der Waals surface area contributed by atoms with Crippen molar-refractivity contribution in [1.82, 2.24) is 0 Å². The van der Waals surface area contributed by atoms with Crippen LogP contribution < -0.4 is 4.74 Å². The van der Waals surface area contributed by atoms with Crippen molar-refractivity contribution in [2.45, 2.75) is 58.3 Å². The average Bonchev–Trinajstić information content (AvgIpc) is 2.64. The number of ether oxygens (including phenoxy) is 3. The van der Waals surface area contributed by atoms with E-state index in [0.717, 1.165) is 12.2 Å². The Morgan fingerprint density at radius 3 is 2.00 bits per heavy atom. The topological polar surface area (TPSA) is 47.9 Å². The molecule has 0 amide bonds. The van der Waals surface area contributed by atoms with E-state index >= 15 is 0 Å². The molecule has 4 nitrogen and oxygen atoms in total. The number of aryl methyl sites for hydroxylation is 1. The van der Waals surface area contributed by atoms with Crippen LogP contribution in [0, 0.1) is 0 Å². The van der Waals surface area contributed by atoms with E-state index in [-0.39, 0.29) is 6.61 Å². The monoisotopic (exact) mass is 352 g/mol. The zero-order valence-corrected chi connectivity index (χ0v) is 15.9. The quantitative estimate of drug-likeness (QED) is 0.423. The maximum atomic E-state index is 8.57. The second-order valence-corrected chi connectivity index (χ2v) is 6.31. The second-order valence-electron chi connectivity index (χ2n) is 6.31. The summed E-state index contributed by atoms with van der Waals surface area (Å²) in [5.41, 5.74) is 1.39. The highest BCUT2D eigenvalue weighted by atomic mass is 16.5. The molecule has 0 bridgehead atoms. The molecule has 0 unspecified atom stereocenters. The summed E-state index contributed by atoms with van der Waals surface area (Å²) in [5.74, 6) is 0.892. The fraction of sp³-hybridized carbons (Fsp3) is 0.714. The predicted octanol–water partition coefficient (Wildman–Crippen LogP) is 4.38. The number of hydrogen-bond donors (Lipinski definition) is 1. The van der Waals surface area contributed by atoms with Gasteiger partial charge in [0.15, 0.2) is 0 Å². The summed E-state index contributed by atoms with van der Waals surface area (Å²) in [7, 11) is 0. The molecule has 1 rings (SSSR count). The Hall–Kier alpha value is -1.10. The lowest BCUT2D eigenvalue weighted by atomic mass is 10.0. The molecular formula is C21H36O4. The summed E-state index contributed by atoms with van der Waals surface area (Å²) >= 11 is 0. The van der Waals surface area contributed by atoms with Crippen LogP contribution in [-0.4, -0.2) is 44.7 Å². The summed E-state index contributed by atoms with van der Waals surface area (Å²) < 4.78 is 16.2. The van der Waals surface area contributed by atoms with Crippen LogP contribution in [0.15, 0.2) is 24.3 Å². The van der Waals surface area contributed by atoms with Gasteiger partial charge in [0, 0.05) is 0 Å². The molecule has 0 saturated carbocycles. The summed E-state index contributed by atoms with van der Waals surface area (Å²) in [6, 6.07) is 8.41. The minimum absolute atomic E-state index is 0.0536. The third-order valence-corrected chi connectivity index (χ3v) is 4.10. The van der Waals surface area contributed by atoms with E-state index in [9.17, 15) is 0 Å². The number of aliphatic hydroxyl groups is 1. The Labute approximate surface area is 153 Å². The lowest BCUT2D eigenvalue weighted by Crippen LogP contribution is -2.11. The zero-order chi connectivity index (χ0) is 18.0. The smallest absolute Gasteiger partial charge is 0.119 e. The Kier molecular flexibility index (Phi) is 14.4.